The lowest BCUT2D eigenvalue weighted by Gasteiger charge is -2.24. The van der Waals surface area contributed by atoms with Crippen molar-refractivity contribution in [2.45, 2.75) is 33.2 Å². The molecule has 0 aliphatic rings. The predicted octanol–water partition coefficient (Wildman–Crippen LogP) is 3.50. The number of aryl methyl sites for hydroxylation is 1. The van der Waals surface area contributed by atoms with Gasteiger partial charge in [0.15, 0.2) is 0 Å². The van der Waals surface area contributed by atoms with Crippen LogP contribution in [0.4, 0.5) is 0 Å². The van der Waals surface area contributed by atoms with Gasteiger partial charge in [0.1, 0.15) is 5.69 Å². The van der Waals surface area contributed by atoms with Gasteiger partial charge in [0.2, 0.25) is 0 Å². The van der Waals surface area contributed by atoms with Crippen molar-refractivity contribution in [2.24, 2.45) is 11.7 Å². The zero-order valence-corrected chi connectivity index (χ0v) is 15.3. The van der Waals surface area contributed by atoms with Gasteiger partial charge in [0, 0.05) is 11.8 Å². The summed E-state index contributed by atoms with van der Waals surface area (Å²) in [5.41, 5.74) is 8.34. The highest BCUT2D eigenvalue weighted by molar-refractivity contribution is 7.09. The van der Waals surface area contributed by atoms with Gasteiger partial charge in [-0.05, 0) is 30.5 Å². The number of nitrogens with two attached hydrogens (primary N) is 1. The summed E-state index contributed by atoms with van der Waals surface area (Å²) in [5.74, 6) is 0.175. The summed E-state index contributed by atoms with van der Waals surface area (Å²) in [4.78, 5) is 16.8. The average Bonchev–Trinajstić information content (AvgIpc) is 2.94. The largest absolute Gasteiger partial charge is 0.344 e. The Morgan fingerprint density at radius 2 is 2.04 bits per heavy atom. The Morgan fingerprint density at radius 3 is 2.65 bits per heavy atom. The van der Waals surface area contributed by atoms with Crippen molar-refractivity contribution in [3.8, 4) is 0 Å². The van der Waals surface area contributed by atoms with Gasteiger partial charge in [-0.15, -0.1) is 23.7 Å². The van der Waals surface area contributed by atoms with Crippen molar-refractivity contribution in [3.63, 3.8) is 0 Å². The number of thiazole rings is 1. The molecule has 0 aliphatic heterocycles. The number of rotatable bonds is 6. The second-order valence-corrected chi connectivity index (χ2v) is 6.66. The number of nitrogens with one attached hydrogen (secondary N) is 1. The van der Waals surface area contributed by atoms with Crippen LogP contribution in [0.2, 0.25) is 0 Å². The van der Waals surface area contributed by atoms with Crippen molar-refractivity contribution < 1.29 is 4.79 Å². The van der Waals surface area contributed by atoms with Gasteiger partial charge < -0.3 is 11.1 Å². The van der Waals surface area contributed by atoms with Crippen molar-refractivity contribution in [1.82, 2.24) is 10.3 Å². The number of nitrogens with zero attached hydrogens (tertiary/aromatic N) is 1. The predicted molar refractivity (Wildman–Crippen MR) is 98.3 cm³/mol. The zero-order valence-electron chi connectivity index (χ0n) is 13.7. The molecule has 1 aromatic heterocycles. The van der Waals surface area contributed by atoms with Crippen LogP contribution in [0.1, 0.15) is 46.5 Å². The van der Waals surface area contributed by atoms with E-state index in [9.17, 15) is 4.79 Å². The van der Waals surface area contributed by atoms with Crippen LogP contribution >= 0.6 is 23.7 Å². The van der Waals surface area contributed by atoms with Crippen molar-refractivity contribution in [3.05, 3.63) is 51.5 Å². The molecule has 126 valence electrons. The molecule has 0 bridgehead atoms. The second kappa shape index (κ2) is 9.01. The minimum absolute atomic E-state index is 0. The molecule has 0 saturated carbocycles. The number of carbonyl (C=O) groups excluding carboxylic acids is 1. The minimum atomic E-state index is -0.124. The number of carbonyl (C=O) groups is 1. The first-order valence-corrected chi connectivity index (χ1v) is 8.41. The van der Waals surface area contributed by atoms with Crippen molar-refractivity contribution >= 4 is 29.7 Å². The van der Waals surface area contributed by atoms with Crippen LogP contribution in [0, 0.1) is 12.8 Å². The quantitative estimate of drug-likeness (QED) is 0.835. The number of aromatic nitrogens is 1. The summed E-state index contributed by atoms with van der Waals surface area (Å²) < 4.78 is 0. The van der Waals surface area contributed by atoms with E-state index in [2.05, 4.69) is 43.2 Å². The molecule has 6 heteroatoms. The summed E-state index contributed by atoms with van der Waals surface area (Å²) in [5, 5.41) is 5.83. The highest BCUT2D eigenvalue weighted by atomic mass is 35.5. The molecule has 0 aliphatic carbocycles. The fraction of sp³-hybridized carbons (Fsp3) is 0.412. The van der Waals surface area contributed by atoms with Gasteiger partial charge in [-0.3, -0.25) is 4.79 Å². The van der Waals surface area contributed by atoms with Crippen molar-refractivity contribution in [2.75, 3.05) is 6.54 Å². The summed E-state index contributed by atoms with van der Waals surface area (Å²) in [6.45, 7) is 6.84. The van der Waals surface area contributed by atoms with E-state index in [1.165, 1.54) is 16.9 Å². The third-order valence-corrected chi connectivity index (χ3v) is 4.53. The van der Waals surface area contributed by atoms with Crippen LogP contribution in [0.25, 0.3) is 0 Å². The molecule has 1 amide bonds. The first-order chi connectivity index (χ1) is 10.5. The molecule has 1 aromatic carbocycles. The smallest absolute Gasteiger partial charge is 0.271 e. The molecule has 1 unspecified atom stereocenters. The highest BCUT2D eigenvalue weighted by Crippen LogP contribution is 2.25. The van der Waals surface area contributed by atoms with Crippen LogP contribution in [0.3, 0.4) is 0 Å². The van der Waals surface area contributed by atoms with E-state index in [0.29, 0.717) is 24.6 Å². The Hall–Kier alpha value is -1.43. The molecule has 3 N–H and O–H groups in total. The van der Waals surface area contributed by atoms with E-state index < -0.39 is 0 Å². The molecule has 2 rings (SSSR count). The lowest BCUT2D eigenvalue weighted by Crippen LogP contribution is -2.32. The number of halogens is 1. The number of hydrogen-bond donors (Lipinski definition) is 2. The molecule has 0 spiro atoms. The Labute approximate surface area is 147 Å². The lowest BCUT2D eigenvalue weighted by atomic mass is 9.92. The maximum absolute atomic E-state index is 12.5. The Kier molecular flexibility index (Phi) is 7.68. The molecule has 0 fully saturated rings. The highest BCUT2D eigenvalue weighted by Gasteiger charge is 2.21. The first kappa shape index (κ1) is 19.6. The van der Waals surface area contributed by atoms with Crippen molar-refractivity contribution in [1.29, 1.82) is 0 Å². The Bertz CT molecular complexity index is 642. The summed E-state index contributed by atoms with van der Waals surface area (Å²) in [6, 6.07) is 8.14. The van der Waals surface area contributed by atoms with Gasteiger partial charge in [0.05, 0.1) is 11.0 Å². The molecule has 2 aromatic rings. The van der Waals surface area contributed by atoms with E-state index >= 15 is 0 Å². The third kappa shape index (κ3) is 5.03. The maximum atomic E-state index is 12.5. The fourth-order valence-electron chi connectivity index (χ4n) is 2.41. The summed E-state index contributed by atoms with van der Waals surface area (Å²) in [7, 11) is 0. The maximum Gasteiger partial charge on any atom is 0.271 e. The molecule has 0 radical (unpaired) electrons. The summed E-state index contributed by atoms with van der Waals surface area (Å²) in [6.07, 6.45) is 0.712. The van der Waals surface area contributed by atoms with Crippen LogP contribution < -0.4 is 11.1 Å². The topological polar surface area (TPSA) is 68.0 Å². The van der Waals surface area contributed by atoms with Gasteiger partial charge >= 0.3 is 0 Å². The van der Waals surface area contributed by atoms with Gasteiger partial charge in [-0.2, -0.15) is 0 Å². The molecular weight excluding hydrogens is 330 g/mol. The van der Waals surface area contributed by atoms with E-state index in [4.69, 9.17) is 5.73 Å². The SMILES string of the molecule is Cc1ccccc1C(NC(=O)c1csc(CCN)n1)C(C)C.Cl. The second-order valence-electron chi connectivity index (χ2n) is 5.72. The molecule has 23 heavy (non-hydrogen) atoms. The van der Waals surface area contributed by atoms with Crippen LogP contribution in [0.15, 0.2) is 29.6 Å². The molecule has 1 heterocycles. The van der Waals surface area contributed by atoms with Crippen LogP contribution in [-0.4, -0.2) is 17.4 Å². The van der Waals surface area contributed by atoms with E-state index in [-0.39, 0.29) is 24.4 Å². The van der Waals surface area contributed by atoms with E-state index in [0.717, 1.165) is 10.6 Å². The molecular formula is C17H24ClN3OS. The molecule has 0 saturated heterocycles. The minimum Gasteiger partial charge on any atom is -0.344 e. The Balaban J connectivity index is 0.00000264. The number of benzene rings is 1. The van der Waals surface area contributed by atoms with Crippen LogP contribution in [0.5, 0.6) is 0 Å². The normalized spacial score (nSPS) is 11.9. The lowest BCUT2D eigenvalue weighted by molar-refractivity contribution is 0.0921. The van der Waals surface area contributed by atoms with Gasteiger partial charge in [-0.25, -0.2) is 4.98 Å². The molecule has 1 atom stereocenters. The average molecular weight is 354 g/mol. The monoisotopic (exact) mass is 353 g/mol. The standard InChI is InChI=1S/C17H23N3OS.ClH/c1-11(2)16(13-7-5-4-6-12(13)3)20-17(21)14-10-22-15(19-14)8-9-18;/h4-7,10-11,16H,8-9,18H2,1-3H3,(H,20,21);1H. The van der Waals surface area contributed by atoms with Gasteiger partial charge in [0.25, 0.3) is 5.91 Å². The summed E-state index contributed by atoms with van der Waals surface area (Å²) >= 11 is 1.48. The van der Waals surface area contributed by atoms with Crippen LogP contribution in [-0.2, 0) is 6.42 Å². The van der Waals surface area contributed by atoms with E-state index in [1.54, 1.807) is 5.38 Å². The number of amides is 1. The fourth-order valence-corrected chi connectivity index (χ4v) is 3.20. The first-order valence-electron chi connectivity index (χ1n) is 7.53. The Morgan fingerprint density at radius 1 is 1.35 bits per heavy atom. The third-order valence-electron chi connectivity index (χ3n) is 3.62. The molecule has 4 nitrogen and oxygen atoms in total. The number of hydrogen-bond acceptors (Lipinski definition) is 4. The zero-order chi connectivity index (χ0) is 16.1. The van der Waals surface area contributed by atoms with E-state index in [1.807, 2.05) is 12.1 Å². The van der Waals surface area contributed by atoms with Gasteiger partial charge in [-0.1, -0.05) is 38.1 Å².